The van der Waals surface area contributed by atoms with Crippen molar-refractivity contribution in [3.63, 3.8) is 0 Å². The maximum absolute atomic E-state index is 12.4. The van der Waals surface area contributed by atoms with Crippen molar-refractivity contribution in [1.29, 1.82) is 0 Å². The van der Waals surface area contributed by atoms with E-state index in [9.17, 15) is 19.5 Å². The number of hydrogen-bond donors (Lipinski definition) is 3. The summed E-state index contributed by atoms with van der Waals surface area (Å²) in [6.07, 6.45) is 3.04. The first-order valence-corrected chi connectivity index (χ1v) is 12.2. The topological polar surface area (TPSA) is 118 Å². The Balaban J connectivity index is 1.19. The normalized spacial score (nSPS) is 12.9. The number of rotatable bonds is 12. The van der Waals surface area contributed by atoms with Crippen LogP contribution in [0.2, 0.25) is 0 Å². The van der Waals surface area contributed by atoms with Gasteiger partial charge in [-0.2, -0.15) is 0 Å². The lowest BCUT2D eigenvalue weighted by Gasteiger charge is -2.17. The number of carboxylic acid groups (broad SMARTS) is 1. The van der Waals surface area contributed by atoms with Gasteiger partial charge in [0.1, 0.15) is 18.4 Å². The van der Waals surface area contributed by atoms with Crippen LogP contribution in [0.4, 0.5) is 4.79 Å². The van der Waals surface area contributed by atoms with Gasteiger partial charge in [-0.3, -0.25) is 4.79 Å². The Morgan fingerprint density at radius 3 is 2.28 bits per heavy atom. The summed E-state index contributed by atoms with van der Waals surface area (Å²) in [6.45, 7) is 0.560. The average molecular weight is 491 g/mol. The fraction of sp³-hybridized carbons (Fsp3) is 0.321. The molecule has 0 saturated carbocycles. The van der Waals surface area contributed by atoms with Crippen molar-refractivity contribution < 1.29 is 28.6 Å². The molecule has 36 heavy (non-hydrogen) atoms. The van der Waals surface area contributed by atoms with Gasteiger partial charge in [0.15, 0.2) is 0 Å². The number of aryl methyl sites for hydroxylation is 1. The van der Waals surface area contributed by atoms with Crippen LogP contribution in [0.3, 0.4) is 0 Å². The van der Waals surface area contributed by atoms with E-state index in [4.69, 9.17) is 9.15 Å². The van der Waals surface area contributed by atoms with Crippen molar-refractivity contribution in [3.8, 4) is 11.1 Å². The van der Waals surface area contributed by atoms with Crippen molar-refractivity contribution in [2.24, 2.45) is 0 Å². The highest BCUT2D eigenvalue weighted by Gasteiger charge is 2.29. The number of furan rings is 1. The summed E-state index contributed by atoms with van der Waals surface area (Å²) in [5.41, 5.74) is 4.43. The molecule has 3 aromatic rings. The zero-order valence-electron chi connectivity index (χ0n) is 19.9. The summed E-state index contributed by atoms with van der Waals surface area (Å²) in [7, 11) is 0. The molecule has 8 nitrogen and oxygen atoms in total. The van der Waals surface area contributed by atoms with E-state index in [1.165, 1.54) is 0 Å². The molecule has 0 spiro atoms. The second-order valence-corrected chi connectivity index (χ2v) is 8.79. The van der Waals surface area contributed by atoms with E-state index in [2.05, 4.69) is 22.8 Å². The summed E-state index contributed by atoms with van der Waals surface area (Å²) in [5.74, 6) is -0.541. The van der Waals surface area contributed by atoms with Crippen molar-refractivity contribution in [2.45, 2.75) is 44.1 Å². The molecular formula is C28H30N2O6. The van der Waals surface area contributed by atoms with E-state index >= 15 is 0 Å². The average Bonchev–Trinajstić information content (AvgIpc) is 3.51. The van der Waals surface area contributed by atoms with Gasteiger partial charge in [0.2, 0.25) is 5.91 Å². The first kappa shape index (κ1) is 25.0. The molecular weight excluding hydrogens is 460 g/mol. The second kappa shape index (κ2) is 12.1. The zero-order valence-corrected chi connectivity index (χ0v) is 19.9. The predicted molar refractivity (Wildman–Crippen MR) is 134 cm³/mol. The van der Waals surface area contributed by atoms with Gasteiger partial charge in [-0.1, -0.05) is 48.5 Å². The van der Waals surface area contributed by atoms with Crippen molar-refractivity contribution in [2.75, 3.05) is 13.2 Å². The fourth-order valence-corrected chi connectivity index (χ4v) is 4.52. The third-order valence-corrected chi connectivity index (χ3v) is 6.35. The summed E-state index contributed by atoms with van der Waals surface area (Å²) in [6, 6.07) is 18.6. The standard InChI is InChI=1S/C28H30N2O6/c31-26(15-14-19-8-7-17-35-19)29-16-6-5-13-25(27(32)33)30-28(34)36-18-24-22-11-3-1-9-20(22)21-10-2-4-12-23(21)24/h1-4,7-12,17,24-25H,5-6,13-16,18H2,(H,29,31)(H,30,34)(H,32,33). The first-order valence-electron chi connectivity index (χ1n) is 12.2. The quantitative estimate of drug-likeness (QED) is 0.322. The highest BCUT2D eigenvalue weighted by Crippen LogP contribution is 2.44. The summed E-state index contributed by atoms with van der Waals surface area (Å²) >= 11 is 0. The molecule has 2 aromatic carbocycles. The molecule has 1 atom stereocenters. The van der Waals surface area contributed by atoms with Crippen LogP contribution in [0.1, 0.15) is 48.5 Å². The van der Waals surface area contributed by atoms with Crippen LogP contribution in [0, 0.1) is 0 Å². The highest BCUT2D eigenvalue weighted by atomic mass is 16.5. The highest BCUT2D eigenvalue weighted by molar-refractivity contribution is 5.81. The Kier molecular flexibility index (Phi) is 8.39. The van der Waals surface area contributed by atoms with E-state index in [1.807, 2.05) is 42.5 Å². The minimum Gasteiger partial charge on any atom is -0.480 e. The molecule has 0 fully saturated rings. The minimum atomic E-state index is -1.12. The number of fused-ring (bicyclic) bond motifs is 3. The number of amides is 2. The van der Waals surface area contributed by atoms with E-state index in [1.54, 1.807) is 12.3 Å². The lowest BCUT2D eigenvalue weighted by atomic mass is 9.98. The van der Waals surface area contributed by atoms with Crippen LogP contribution in [-0.2, 0) is 20.7 Å². The van der Waals surface area contributed by atoms with Crippen LogP contribution in [0.5, 0.6) is 0 Å². The van der Waals surface area contributed by atoms with Gasteiger partial charge in [0, 0.05) is 25.3 Å². The number of benzene rings is 2. The summed E-state index contributed by atoms with van der Waals surface area (Å²) < 4.78 is 10.7. The van der Waals surface area contributed by atoms with Crippen LogP contribution in [-0.4, -0.2) is 42.3 Å². The van der Waals surface area contributed by atoms with E-state index in [-0.39, 0.29) is 24.9 Å². The number of carbonyl (C=O) groups excluding carboxylic acids is 2. The van der Waals surface area contributed by atoms with Crippen molar-refractivity contribution in [1.82, 2.24) is 10.6 Å². The Morgan fingerprint density at radius 1 is 0.944 bits per heavy atom. The first-order chi connectivity index (χ1) is 17.5. The summed E-state index contributed by atoms with van der Waals surface area (Å²) in [4.78, 5) is 36.0. The van der Waals surface area contributed by atoms with E-state index in [0.29, 0.717) is 32.2 Å². The molecule has 0 radical (unpaired) electrons. The molecule has 4 rings (SSSR count). The van der Waals surface area contributed by atoms with Gasteiger partial charge >= 0.3 is 12.1 Å². The smallest absolute Gasteiger partial charge is 0.407 e. The molecule has 1 unspecified atom stereocenters. The fourth-order valence-electron chi connectivity index (χ4n) is 4.52. The molecule has 1 aliphatic carbocycles. The molecule has 8 heteroatoms. The van der Waals surface area contributed by atoms with E-state index in [0.717, 1.165) is 28.0 Å². The van der Waals surface area contributed by atoms with Crippen LogP contribution >= 0.6 is 0 Å². The van der Waals surface area contributed by atoms with Gasteiger partial charge in [-0.25, -0.2) is 9.59 Å². The maximum atomic E-state index is 12.4. The Labute approximate surface area is 209 Å². The van der Waals surface area contributed by atoms with Crippen molar-refractivity contribution in [3.05, 3.63) is 83.8 Å². The molecule has 188 valence electrons. The number of alkyl carbamates (subject to hydrolysis) is 1. The molecule has 3 N–H and O–H groups in total. The largest absolute Gasteiger partial charge is 0.480 e. The molecule has 0 bridgehead atoms. The molecule has 1 heterocycles. The van der Waals surface area contributed by atoms with Gasteiger partial charge in [-0.15, -0.1) is 0 Å². The summed E-state index contributed by atoms with van der Waals surface area (Å²) in [5, 5.41) is 14.8. The third-order valence-electron chi connectivity index (χ3n) is 6.35. The van der Waals surface area contributed by atoms with E-state index < -0.39 is 18.1 Å². The molecule has 0 saturated heterocycles. The number of nitrogens with one attached hydrogen (secondary N) is 2. The zero-order chi connectivity index (χ0) is 25.3. The number of hydrogen-bond acceptors (Lipinski definition) is 5. The monoisotopic (exact) mass is 490 g/mol. The number of unbranched alkanes of at least 4 members (excludes halogenated alkanes) is 1. The van der Waals surface area contributed by atoms with Crippen LogP contribution in [0.15, 0.2) is 71.3 Å². The third kappa shape index (κ3) is 6.33. The SMILES string of the molecule is O=C(CCc1ccco1)NCCCCC(NC(=O)OCC1c2ccccc2-c2ccccc21)C(=O)O. The Morgan fingerprint density at radius 2 is 1.64 bits per heavy atom. The van der Waals surface area contributed by atoms with Crippen molar-refractivity contribution >= 4 is 18.0 Å². The minimum absolute atomic E-state index is 0.0852. The van der Waals surface area contributed by atoms with Gasteiger partial charge in [0.25, 0.3) is 0 Å². The number of carbonyl (C=O) groups is 3. The lowest BCUT2D eigenvalue weighted by Crippen LogP contribution is -2.41. The van der Waals surface area contributed by atoms with Crippen LogP contribution in [0.25, 0.3) is 11.1 Å². The van der Waals surface area contributed by atoms with Gasteiger partial charge < -0.3 is 24.9 Å². The Bertz CT molecular complexity index is 1140. The maximum Gasteiger partial charge on any atom is 0.407 e. The Hall–Kier alpha value is -4.07. The van der Waals surface area contributed by atoms with Gasteiger partial charge in [-0.05, 0) is 53.6 Å². The molecule has 0 aliphatic heterocycles. The number of ether oxygens (including phenoxy) is 1. The van der Waals surface area contributed by atoms with Crippen LogP contribution < -0.4 is 10.6 Å². The second-order valence-electron chi connectivity index (χ2n) is 8.79. The number of aliphatic carboxylic acids is 1. The molecule has 1 aliphatic rings. The lowest BCUT2D eigenvalue weighted by molar-refractivity contribution is -0.139. The molecule has 2 amide bonds. The number of carboxylic acids is 1. The molecule has 1 aromatic heterocycles. The predicted octanol–water partition coefficient (Wildman–Crippen LogP) is 4.49. The van der Waals surface area contributed by atoms with Gasteiger partial charge in [0.05, 0.1) is 6.26 Å².